The van der Waals surface area contributed by atoms with Crippen molar-refractivity contribution in [1.29, 1.82) is 0 Å². The van der Waals surface area contributed by atoms with E-state index in [9.17, 15) is 35.3 Å². The SMILES string of the molecule is O=C(NCC[S@@](=O)Cc1ccccc1)N1CCC(C(F)(F)F)(C(F)(F)F)C1. The second-order valence-corrected chi connectivity index (χ2v) is 7.83. The predicted molar refractivity (Wildman–Crippen MR) is 87.3 cm³/mol. The van der Waals surface area contributed by atoms with E-state index in [1.165, 1.54) is 0 Å². The van der Waals surface area contributed by atoms with Gasteiger partial charge in [0.1, 0.15) is 0 Å². The Balaban J connectivity index is 1.86. The highest BCUT2D eigenvalue weighted by atomic mass is 32.2. The van der Waals surface area contributed by atoms with Gasteiger partial charge in [-0.2, -0.15) is 26.3 Å². The summed E-state index contributed by atoms with van der Waals surface area (Å²) >= 11 is 0. The van der Waals surface area contributed by atoms with E-state index in [1.54, 1.807) is 30.3 Å². The summed E-state index contributed by atoms with van der Waals surface area (Å²) in [5, 5.41) is 2.24. The van der Waals surface area contributed by atoms with E-state index in [4.69, 9.17) is 0 Å². The zero-order chi connectivity index (χ0) is 20.3. The maximum absolute atomic E-state index is 13.0. The van der Waals surface area contributed by atoms with Crippen LogP contribution < -0.4 is 5.32 Å². The normalized spacial score (nSPS) is 18.4. The van der Waals surface area contributed by atoms with Crippen molar-refractivity contribution in [2.24, 2.45) is 5.41 Å². The molecular weight excluding hydrogens is 398 g/mol. The lowest BCUT2D eigenvalue weighted by Crippen LogP contribution is -2.53. The third-order valence-corrected chi connectivity index (χ3v) is 5.73. The van der Waals surface area contributed by atoms with E-state index in [0.29, 0.717) is 4.90 Å². The molecule has 0 spiro atoms. The second-order valence-electron chi connectivity index (χ2n) is 6.25. The number of amides is 2. The lowest BCUT2D eigenvalue weighted by atomic mass is 9.85. The summed E-state index contributed by atoms with van der Waals surface area (Å²) in [6.45, 7) is -2.24. The van der Waals surface area contributed by atoms with E-state index in [1.807, 2.05) is 0 Å². The minimum atomic E-state index is -5.50. The molecule has 1 aromatic carbocycles. The summed E-state index contributed by atoms with van der Waals surface area (Å²) in [7, 11) is -1.33. The molecule has 1 saturated heterocycles. The number of rotatable bonds is 5. The summed E-state index contributed by atoms with van der Waals surface area (Å²) in [5.74, 6) is 0.282. The van der Waals surface area contributed by atoms with Gasteiger partial charge < -0.3 is 10.2 Å². The van der Waals surface area contributed by atoms with Gasteiger partial charge in [-0.05, 0) is 12.0 Å². The molecule has 1 aromatic rings. The third-order valence-electron chi connectivity index (χ3n) is 4.42. The Morgan fingerprint density at radius 3 is 2.22 bits per heavy atom. The molecule has 0 radical (unpaired) electrons. The highest BCUT2D eigenvalue weighted by Crippen LogP contribution is 2.55. The largest absolute Gasteiger partial charge is 0.404 e. The van der Waals surface area contributed by atoms with Crippen molar-refractivity contribution in [3.05, 3.63) is 35.9 Å². The van der Waals surface area contributed by atoms with E-state index >= 15 is 0 Å². The summed E-state index contributed by atoms with van der Waals surface area (Å²) in [6.07, 6.45) is -12.2. The zero-order valence-electron chi connectivity index (χ0n) is 14.1. The molecule has 0 bridgehead atoms. The van der Waals surface area contributed by atoms with Crippen LogP contribution in [-0.4, -0.2) is 52.9 Å². The quantitative estimate of drug-likeness (QED) is 0.748. The molecule has 0 aliphatic carbocycles. The van der Waals surface area contributed by atoms with E-state index in [2.05, 4.69) is 5.32 Å². The first kappa shape index (κ1) is 21.5. The summed E-state index contributed by atoms with van der Waals surface area (Å²) < 4.78 is 89.9. The number of carbonyl (C=O) groups excluding carboxylic acids is 1. The number of urea groups is 1. The van der Waals surface area contributed by atoms with Gasteiger partial charge in [0.15, 0.2) is 5.41 Å². The monoisotopic (exact) mass is 416 g/mol. The smallest absolute Gasteiger partial charge is 0.337 e. The topological polar surface area (TPSA) is 49.4 Å². The highest BCUT2D eigenvalue weighted by molar-refractivity contribution is 7.84. The van der Waals surface area contributed by atoms with Crippen LogP contribution in [0.5, 0.6) is 0 Å². The first-order valence-electron chi connectivity index (χ1n) is 8.01. The van der Waals surface area contributed by atoms with Crippen molar-refractivity contribution in [2.75, 3.05) is 25.4 Å². The lowest BCUT2D eigenvalue weighted by Gasteiger charge is -2.33. The van der Waals surface area contributed by atoms with Crippen LogP contribution in [0.25, 0.3) is 0 Å². The molecule has 2 amide bonds. The van der Waals surface area contributed by atoms with Gasteiger partial charge in [0.2, 0.25) is 0 Å². The van der Waals surface area contributed by atoms with Gasteiger partial charge in [0.25, 0.3) is 0 Å². The van der Waals surface area contributed by atoms with Crippen LogP contribution in [0.3, 0.4) is 0 Å². The number of likely N-dealkylation sites (tertiary alicyclic amines) is 1. The summed E-state index contributed by atoms with van der Waals surface area (Å²) in [6, 6.07) is 7.86. The van der Waals surface area contributed by atoms with Crippen LogP contribution in [-0.2, 0) is 16.6 Å². The fourth-order valence-electron chi connectivity index (χ4n) is 2.82. The number of alkyl halides is 6. The predicted octanol–water partition coefficient (Wildman–Crippen LogP) is 3.46. The first-order valence-corrected chi connectivity index (χ1v) is 9.50. The van der Waals surface area contributed by atoms with E-state index < -0.39 is 54.1 Å². The maximum Gasteiger partial charge on any atom is 0.404 e. The molecule has 152 valence electrons. The van der Waals surface area contributed by atoms with Gasteiger partial charge in [-0.15, -0.1) is 0 Å². The van der Waals surface area contributed by atoms with Gasteiger partial charge >= 0.3 is 18.4 Å². The Labute approximate surface area is 154 Å². The second kappa shape index (κ2) is 8.07. The zero-order valence-corrected chi connectivity index (χ0v) is 14.9. The molecule has 2 rings (SSSR count). The highest BCUT2D eigenvalue weighted by Gasteiger charge is 2.72. The molecular formula is C16H18F6N2O2S. The third kappa shape index (κ3) is 4.94. The number of nitrogens with zero attached hydrogens (tertiary/aromatic N) is 1. The van der Waals surface area contributed by atoms with Crippen LogP contribution in [0, 0.1) is 5.41 Å². The van der Waals surface area contributed by atoms with Gasteiger partial charge in [0.05, 0.1) is 0 Å². The fourth-order valence-corrected chi connectivity index (χ4v) is 3.86. The summed E-state index contributed by atoms with van der Waals surface area (Å²) in [5.41, 5.74) is -3.09. The molecule has 1 atom stereocenters. The number of benzene rings is 1. The average molecular weight is 416 g/mol. The fraction of sp³-hybridized carbons (Fsp3) is 0.562. The number of nitrogens with one attached hydrogen (secondary N) is 1. The van der Waals surface area contributed by atoms with E-state index in [0.717, 1.165) is 5.56 Å². The van der Waals surface area contributed by atoms with Crippen LogP contribution in [0.2, 0.25) is 0 Å². The lowest BCUT2D eigenvalue weighted by molar-refractivity contribution is -0.334. The van der Waals surface area contributed by atoms with Gasteiger partial charge in [-0.3, -0.25) is 4.21 Å². The van der Waals surface area contributed by atoms with Crippen molar-refractivity contribution < 1.29 is 35.3 Å². The molecule has 1 aliphatic heterocycles. The molecule has 1 aliphatic rings. The molecule has 1 fully saturated rings. The first-order chi connectivity index (χ1) is 12.5. The number of hydrogen-bond acceptors (Lipinski definition) is 2. The van der Waals surface area contributed by atoms with Crippen LogP contribution in [0.1, 0.15) is 12.0 Å². The molecule has 1 N–H and O–H groups in total. The van der Waals surface area contributed by atoms with Crippen LogP contribution >= 0.6 is 0 Å². The Morgan fingerprint density at radius 1 is 1.11 bits per heavy atom. The van der Waals surface area contributed by atoms with Crippen molar-refractivity contribution >= 4 is 16.8 Å². The van der Waals surface area contributed by atoms with Crippen LogP contribution in [0.15, 0.2) is 30.3 Å². The number of carbonyl (C=O) groups is 1. The minimum Gasteiger partial charge on any atom is -0.337 e. The van der Waals surface area contributed by atoms with Crippen molar-refractivity contribution in [3.8, 4) is 0 Å². The molecule has 4 nitrogen and oxygen atoms in total. The molecule has 0 aromatic heterocycles. The average Bonchev–Trinajstić information content (AvgIpc) is 3.02. The van der Waals surface area contributed by atoms with Crippen molar-refractivity contribution in [1.82, 2.24) is 10.2 Å². The Morgan fingerprint density at radius 2 is 1.70 bits per heavy atom. The van der Waals surface area contributed by atoms with Gasteiger partial charge in [-0.25, -0.2) is 4.79 Å². The summed E-state index contributed by atoms with van der Waals surface area (Å²) in [4.78, 5) is 12.4. The molecule has 27 heavy (non-hydrogen) atoms. The molecule has 0 unspecified atom stereocenters. The van der Waals surface area contributed by atoms with Gasteiger partial charge in [0, 0.05) is 41.9 Å². The van der Waals surface area contributed by atoms with Crippen molar-refractivity contribution in [2.45, 2.75) is 24.5 Å². The standard InChI is InChI=1S/C16H18F6N2O2S/c17-15(18,19)14(16(20,21)22)6-8-24(11-14)13(25)23-7-9-27(26)10-12-4-2-1-3-5-12/h1-5H,6-11H2,(H,23,25)/t27-/m1/s1. The van der Waals surface area contributed by atoms with Gasteiger partial charge in [-0.1, -0.05) is 30.3 Å². The Bertz CT molecular complexity index is 664. The molecule has 0 saturated carbocycles. The molecule has 1 heterocycles. The Hall–Kier alpha value is -1.78. The maximum atomic E-state index is 13.0. The minimum absolute atomic E-state index is 0.0398. The Kier molecular flexibility index (Phi) is 6.43. The van der Waals surface area contributed by atoms with Crippen molar-refractivity contribution in [3.63, 3.8) is 0 Å². The van der Waals surface area contributed by atoms with E-state index in [-0.39, 0.29) is 18.1 Å². The van der Waals surface area contributed by atoms with Crippen LogP contribution in [0.4, 0.5) is 31.1 Å². The number of halogens is 6. The molecule has 11 heteroatoms. The number of hydrogen-bond donors (Lipinski definition) is 1.